The van der Waals surface area contributed by atoms with Crippen molar-refractivity contribution in [2.75, 3.05) is 5.32 Å². The van der Waals surface area contributed by atoms with Gasteiger partial charge in [-0.2, -0.15) is 5.10 Å². The number of nitrogens with zero attached hydrogens (tertiary/aromatic N) is 4. The summed E-state index contributed by atoms with van der Waals surface area (Å²) in [5.74, 6) is 0.365. The molecule has 8 heteroatoms. The minimum absolute atomic E-state index is 0.153. The monoisotopic (exact) mass is 312 g/mol. The van der Waals surface area contributed by atoms with Crippen molar-refractivity contribution in [3.63, 3.8) is 0 Å². The number of carbonyl (C=O) groups excluding carboxylic acids is 1. The molecule has 1 fully saturated rings. The lowest BCUT2D eigenvalue weighted by Crippen LogP contribution is -2.45. The van der Waals surface area contributed by atoms with Crippen molar-refractivity contribution in [3.8, 4) is 0 Å². The maximum Gasteiger partial charge on any atom is 0.319 e. The van der Waals surface area contributed by atoms with Crippen molar-refractivity contribution in [3.05, 3.63) is 42.2 Å². The van der Waals surface area contributed by atoms with Gasteiger partial charge in [-0.15, -0.1) is 0 Å². The van der Waals surface area contributed by atoms with E-state index in [1.165, 1.54) is 0 Å². The number of aryl methyl sites for hydroxylation is 1. The Hall–Kier alpha value is -2.90. The van der Waals surface area contributed by atoms with Gasteiger partial charge in [0.05, 0.1) is 29.5 Å². The molecule has 0 bridgehead atoms. The Labute approximate surface area is 131 Å². The Morgan fingerprint density at radius 2 is 2.30 bits per heavy atom. The molecule has 4 rings (SSSR count). The fraction of sp³-hybridized carbons (Fsp3) is 0.333. The van der Waals surface area contributed by atoms with Crippen LogP contribution in [0.25, 0.3) is 5.65 Å². The van der Waals surface area contributed by atoms with Crippen LogP contribution >= 0.6 is 0 Å². The summed E-state index contributed by atoms with van der Waals surface area (Å²) in [5, 5.41) is 13.9. The highest BCUT2D eigenvalue weighted by molar-refractivity contribution is 5.89. The molecule has 1 saturated carbocycles. The molecule has 0 atom stereocenters. The lowest BCUT2D eigenvalue weighted by Gasteiger charge is -2.34. The van der Waals surface area contributed by atoms with E-state index in [0.29, 0.717) is 11.6 Å². The largest absolute Gasteiger partial charge is 0.365 e. The average Bonchev–Trinajstić information content (AvgIpc) is 3.10. The Kier molecular flexibility index (Phi) is 3.22. The molecule has 3 aromatic rings. The number of nitrogens with one attached hydrogen (secondary N) is 2. The van der Waals surface area contributed by atoms with Gasteiger partial charge in [0, 0.05) is 24.1 Å². The number of carbonyl (C=O) groups is 1. The van der Waals surface area contributed by atoms with E-state index in [-0.39, 0.29) is 12.1 Å². The maximum atomic E-state index is 12.0. The second-order valence-corrected chi connectivity index (χ2v) is 5.82. The summed E-state index contributed by atoms with van der Waals surface area (Å²) in [6.45, 7) is 1.90. The third kappa shape index (κ3) is 2.75. The second kappa shape index (κ2) is 5.38. The predicted octanol–water partition coefficient (Wildman–Crippen LogP) is 2.09. The van der Waals surface area contributed by atoms with Gasteiger partial charge in [0.2, 0.25) is 0 Å². The van der Waals surface area contributed by atoms with Crippen LogP contribution in [0, 0.1) is 6.92 Å². The number of amides is 2. The van der Waals surface area contributed by atoms with E-state index < -0.39 is 0 Å². The van der Waals surface area contributed by atoms with Crippen LogP contribution < -0.4 is 10.6 Å². The van der Waals surface area contributed by atoms with Gasteiger partial charge in [-0.3, -0.25) is 0 Å². The first-order valence-electron chi connectivity index (χ1n) is 7.47. The van der Waals surface area contributed by atoms with Crippen molar-refractivity contribution in [2.45, 2.75) is 31.7 Å². The fourth-order valence-electron chi connectivity index (χ4n) is 2.82. The summed E-state index contributed by atoms with van der Waals surface area (Å²) < 4.78 is 6.49. The molecule has 2 amide bonds. The van der Waals surface area contributed by atoms with Crippen LogP contribution in [0.1, 0.15) is 30.1 Å². The minimum atomic E-state index is -0.237. The van der Waals surface area contributed by atoms with Gasteiger partial charge in [0.1, 0.15) is 6.26 Å². The third-order valence-corrected chi connectivity index (χ3v) is 4.04. The molecule has 118 valence electrons. The number of anilines is 1. The topological polar surface area (TPSA) is 97.3 Å². The summed E-state index contributed by atoms with van der Waals surface area (Å²) in [6.07, 6.45) is 6.68. The van der Waals surface area contributed by atoms with Gasteiger partial charge < -0.3 is 15.2 Å². The van der Waals surface area contributed by atoms with Crippen LogP contribution in [-0.2, 0) is 0 Å². The van der Waals surface area contributed by atoms with E-state index in [4.69, 9.17) is 4.52 Å². The quantitative estimate of drug-likeness (QED) is 0.772. The molecular weight excluding hydrogens is 296 g/mol. The molecule has 1 aliphatic rings. The summed E-state index contributed by atoms with van der Waals surface area (Å²) >= 11 is 0. The van der Waals surface area contributed by atoms with E-state index >= 15 is 0 Å². The molecule has 0 aliphatic heterocycles. The van der Waals surface area contributed by atoms with Crippen LogP contribution in [0.5, 0.6) is 0 Å². The minimum Gasteiger partial charge on any atom is -0.365 e. The molecule has 1 aliphatic carbocycles. The van der Waals surface area contributed by atoms with Crippen molar-refractivity contribution in [1.82, 2.24) is 25.1 Å². The van der Waals surface area contributed by atoms with Crippen LogP contribution in [0.15, 0.2) is 35.3 Å². The third-order valence-electron chi connectivity index (χ3n) is 4.04. The summed E-state index contributed by atoms with van der Waals surface area (Å²) in [6, 6.07) is 3.66. The molecule has 3 aromatic heterocycles. The van der Waals surface area contributed by atoms with Gasteiger partial charge >= 0.3 is 6.03 Å². The highest BCUT2D eigenvalue weighted by Gasteiger charge is 2.33. The zero-order valence-electron chi connectivity index (χ0n) is 12.6. The van der Waals surface area contributed by atoms with Crippen LogP contribution in [-0.4, -0.2) is 31.8 Å². The number of hydrogen-bond donors (Lipinski definition) is 2. The lowest BCUT2D eigenvalue weighted by molar-refractivity contribution is 0.231. The van der Waals surface area contributed by atoms with Crippen LogP contribution in [0.3, 0.4) is 0 Å². The molecule has 8 nitrogen and oxygen atoms in total. The summed E-state index contributed by atoms with van der Waals surface area (Å²) in [7, 11) is 0. The highest BCUT2D eigenvalue weighted by Crippen LogP contribution is 2.35. The second-order valence-electron chi connectivity index (χ2n) is 5.82. The van der Waals surface area contributed by atoms with Crippen molar-refractivity contribution in [1.29, 1.82) is 0 Å². The Bertz CT molecular complexity index is 835. The molecule has 2 N–H and O–H groups in total. The molecule has 0 unspecified atom stereocenters. The molecule has 0 saturated heterocycles. The fourth-order valence-corrected chi connectivity index (χ4v) is 2.82. The van der Waals surface area contributed by atoms with Crippen molar-refractivity contribution in [2.24, 2.45) is 0 Å². The van der Waals surface area contributed by atoms with Crippen LogP contribution in [0.4, 0.5) is 10.5 Å². The average molecular weight is 312 g/mol. The SMILES string of the molecule is Cc1cc2ncc(NC(=O)NC3CC(c4ccon4)C3)cn2n1. The van der Waals surface area contributed by atoms with E-state index in [1.54, 1.807) is 23.2 Å². The predicted molar refractivity (Wildman–Crippen MR) is 82.1 cm³/mol. The smallest absolute Gasteiger partial charge is 0.319 e. The normalized spacial score (nSPS) is 20.2. The van der Waals surface area contributed by atoms with Crippen molar-refractivity contribution < 1.29 is 9.32 Å². The zero-order valence-corrected chi connectivity index (χ0v) is 12.6. The molecule has 3 heterocycles. The van der Waals surface area contributed by atoms with Crippen molar-refractivity contribution >= 4 is 17.4 Å². The van der Waals surface area contributed by atoms with Gasteiger partial charge in [0.15, 0.2) is 5.65 Å². The first-order valence-corrected chi connectivity index (χ1v) is 7.47. The Morgan fingerprint density at radius 3 is 3.09 bits per heavy atom. The van der Waals surface area contributed by atoms with E-state index in [1.807, 2.05) is 19.1 Å². The Balaban J connectivity index is 1.33. The molecule has 0 spiro atoms. The van der Waals surface area contributed by atoms with E-state index in [9.17, 15) is 4.79 Å². The number of fused-ring (bicyclic) bond motifs is 1. The van der Waals surface area contributed by atoms with E-state index in [0.717, 1.165) is 29.9 Å². The zero-order chi connectivity index (χ0) is 15.8. The molecule has 23 heavy (non-hydrogen) atoms. The Morgan fingerprint density at radius 1 is 1.43 bits per heavy atom. The van der Waals surface area contributed by atoms with Gasteiger partial charge in [-0.05, 0) is 19.8 Å². The van der Waals surface area contributed by atoms with Gasteiger partial charge in [0.25, 0.3) is 0 Å². The first kappa shape index (κ1) is 13.7. The first-order chi connectivity index (χ1) is 11.2. The summed E-state index contributed by atoms with van der Waals surface area (Å²) in [5.41, 5.74) is 3.19. The van der Waals surface area contributed by atoms with Gasteiger partial charge in [-0.25, -0.2) is 14.3 Å². The highest BCUT2D eigenvalue weighted by atomic mass is 16.5. The van der Waals surface area contributed by atoms with Gasteiger partial charge in [-0.1, -0.05) is 5.16 Å². The molecule has 0 aromatic carbocycles. The number of aromatic nitrogens is 4. The summed E-state index contributed by atoms with van der Waals surface area (Å²) in [4.78, 5) is 16.3. The standard InChI is InChI=1S/C15H16N6O2/c1-9-4-14-16-7-12(8-21(14)19-9)18-15(22)17-11-5-10(6-11)13-2-3-23-20-13/h2-4,7-8,10-11H,5-6H2,1H3,(H2,17,18,22). The lowest BCUT2D eigenvalue weighted by atomic mass is 9.78. The molecule has 0 radical (unpaired) electrons. The number of rotatable bonds is 3. The number of urea groups is 1. The van der Waals surface area contributed by atoms with E-state index in [2.05, 4.69) is 25.9 Å². The number of hydrogen-bond acceptors (Lipinski definition) is 5. The molecular formula is C15H16N6O2. The maximum absolute atomic E-state index is 12.0. The van der Waals surface area contributed by atoms with Crippen LogP contribution in [0.2, 0.25) is 0 Å².